The van der Waals surface area contributed by atoms with E-state index in [1.165, 1.54) is 48.9 Å². The summed E-state index contributed by atoms with van der Waals surface area (Å²) in [7, 11) is 0. The standard InChI is InChI=1S/C46H25N5O/c1-8-20-34-26(13-1)27-14-2-9-21-35(27)51(34)46-47-44(42-31-18-6-12-24-39(31)52-45(42)48-46)50-37-23-11-4-16-29(37)40-38(50)25-32-28-15-3-7-19-33(28)49-36-22-10-5-17-30(36)41(40)43(32)49/h1-25H. The van der Waals surface area contributed by atoms with Crippen LogP contribution in [0.3, 0.4) is 0 Å². The number of benzene rings is 7. The van der Waals surface area contributed by atoms with E-state index >= 15 is 0 Å². The van der Waals surface area contributed by atoms with Crippen molar-refractivity contribution in [1.82, 2.24) is 23.5 Å². The minimum absolute atomic E-state index is 0.557. The molecule has 0 saturated heterocycles. The fraction of sp³-hybridized carbons (Fsp3) is 0. The van der Waals surface area contributed by atoms with Gasteiger partial charge in [-0.05, 0) is 42.5 Å². The van der Waals surface area contributed by atoms with Crippen LogP contribution in [0.25, 0.3) is 116 Å². The lowest BCUT2D eigenvalue weighted by atomic mass is 10.0. The minimum Gasteiger partial charge on any atom is -0.437 e. The maximum Gasteiger partial charge on any atom is 0.240 e. The molecule has 7 aromatic carbocycles. The molecule has 6 heteroatoms. The maximum atomic E-state index is 6.61. The van der Waals surface area contributed by atoms with Crippen LogP contribution in [-0.4, -0.2) is 23.5 Å². The molecular weight excluding hydrogens is 639 g/mol. The third kappa shape index (κ3) is 3.12. The summed E-state index contributed by atoms with van der Waals surface area (Å²) >= 11 is 0. The number of para-hydroxylation sites is 6. The quantitative estimate of drug-likeness (QED) is 0.185. The zero-order valence-corrected chi connectivity index (χ0v) is 27.6. The Kier molecular flexibility index (Phi) is 4.78. The summed E-state index contributed by atoms with van der Waals surface area (Å²) in [5.41, 5.74) is 9.30. The molecule has 0 amide bonds. The van der Waals surface area contributed by atoms with E-state index in [1.54, 1.807) is 0 Å². The van der Waals surface area contributed by atoms with E-state index in [0.717, 1.165) is 55.0 Å². The highest BCUT2D eigenvalue weighted by molar-refractivity contribution is 6.36. The van der Waals surface area contributed by atoms with Gasteiger partial charge in [-0.1, -0.05) is 109 Å². The van der Waals surface area contributed by atoms with Gasteiger partial charge in [-0.25, -0.2) is 0 Å². The second-order valence-electron chi connectivity index (χ2n) is 13.8. The average molecular weight is 664 g/mol. The Morgan fingerprint density at radius 2 is 0.885 bits per heavy atom. The smallest absolute Gasteiger partial charge is 0.240 e. The van der Waals surface area contributed by atoms with Crippen LogP contribution in [0.5, 0.6) is 0 Å². The van der Waals surface area contributed by atoms with Crippen LogP contribution in [0.15, 0.2) is 156 Å². The Morgan fingerprint density at radius 1 is 0.385 bits per heavy atom. The maximum absolute atomic E-state index is 6.61. The van der Waals surface area contributed by atoms with Crippen molar-refractivity contribution in [3.05, 3.63) is 152 Å². The fourth-order valence-corrected chi connectivity index (χ4v) is 9.19. The second-order valence-corrected chi connectivity index (χ2v) is 13.8. The van der Waals surface area contributed by atoms with Crippen molar-refractivity contribution in [3.63, 3.8) is 0 Å². The molecule has 0 N–H and O–H groups in total. The van der Waals surface area contributed by atoms with Crippen LogP contribution >= 0.6 is 0 Å². The zero-order chi connectivity index (χ0) is 33.7. The van der Waals surface area contributed by atoms with Gasteiger partial charge in [0.1, 0.15) is 5.58 Å². The third-order valence-corrected chi connectivity index (χ3v) is 11.2. The highest BCUT2D eigenvalue weighted by Crippen LogP contribution is 2.47. The Labute approximate surface area is 294 Å². The Bertz CT molecular complexity index is 3600. The van der Waals surface area contributed by atoms with Crippen molar-refractivity contribution in [3.8, 4) is 11.8 Å². The number of furan rings is 1. The first-order valence-electron chi connectivity index (χ1n) is 17.6. The van der Waals surface area contributed by atoms with E-state index in [-0.39, 0.29) is 0 Å². The number of fused-ring (bicyclic) bond motifs is 16. The molecule has 0 radical (unpaired) electrons. The monoisotopic (exact) mass is 663 g/mol. The summed E-state index contributed by atoms with van der Waals surface area (Å²) in [4.78, 5) is 10.8. The van der Waals surface area contributed by atoms with Gasteiger partial charge in [-0.3, -0.25) is 9.13 Å². The van der Waals surface area contributed by atoms with Crippen LogP contribution in [0, 0.1) is 0 Å². The molecule has 6 nitrogen and oxygen atoms in total. The SMILES string of the molecule is c1ccc2c(c1)oc1nc(-n3c4ccccc4c4ccccc43)nc(-n3c4ccccc4c4c5c6ccccc6n6c7ccccc7c(cc43)c56)c12. The zero-order valence-electron chi connectivity index (χ0n) is 27.6. The summed E-state index contributed by atoms with van der Waals surface area (Å²) in [5, 5.41) is 11.6. The summed E-state index contributed by atoms with van der Waals surface area (Å²) in [5.74, 6) is 1.36. The van der Waals surface area contributed by atoms with Gasteiger partial charge < -0.3 is 8.82 Å². The van der Waals surface area contributed by atoms with E-state index in [1.807, 2.05) is 12.1 Å². The van der Waals surface area contributed by atoms with E-state index in [9.17, 15) is 0 Å². The molecule has 0 saturated carbocycles. The predicted octanol–water partition coefficient (Wildman–Crippen LogP) is 11.7. The van der Waals surface area contributed by atoms with Crippen molar-refractivity contribution in [1.29, 1.82) is 0 Å². The normalized spacial score (nSPS) is 12.6. The van der Waals surface area contributed by atoms with Gasteiger partial charge in [-0.15, -0.1) is 0 Å². The molecule has 6 heterocycles. The first-order chi connectivity index (χ1) is 25.8. The van der Waals surface area contributed by atoms with Crippen LogP contribution < -0.4 is 0 Å². The van der Waals surface area contributed by atoms with E-state index in [4.69, 9.17) is 14.4 Å². The molecule has 0 aliphatic rings. The molecule has 13 aromatic rings. The van der Waals surface area contributed by atoms with E-state index < -0.39 is 0 Å². The average Bonchev–Trinajstić information content (AvgIpc) is 3.99. The van der Waals surface area contributed by atoms with Crippen molar-refractivity contribution in [2.75, 3.05) is 0 Å². The van der Waals surface area contributed by atoms with Crippen molar-refractivity contribution in [2.24, 2.45) is 0 Å². The van der Waals surface area contributed by atoms with Gasteiger partial charge in [0.15, 0.2) is 5.82 Å². The number of rotatable bonds is 2. The second kappa shape index (κ2) is 9.33. The lowest BCUT2D eigenvalue weighted by Crippen LogP contribution is -2.06. The Morgan fingerprint density at radius 3 is 1.56 bits per heavy atom. The lowest BCUT2D eigenvalue weighted by Gasteiger charge is -2.12. The molecule has 240 valence electrons. The number of hydrogen-bond acceptors (Lipinski definition) is 3. The molecule has 0 aliphatic heterocycles. The highest BCUT2D eigenvalue weighted by atomic mass is 16.3. The van der Waals surface area contributed by atoms with Crippen LogP contribution in [0.1, 0.15) is 0 Å². The van der Waals surface area contributed by atoms with Gasteiger partial charge in [0.05, 0.1) is 44.0 Å². The first kappa shape index (κ1) is 26.7. The summed E-state index contributed by atoms with van der Waals surface area (Å²) in [6, 6.07) is 53.9. The minimum atomic E-state index is 0.557. The molecule has 52 heavy (non-hydrogen) atoms. The van der Waals surface area contributed by atoms with Crippen molar-refractivity contribution >= 4 is 104 Å². The first-order valence-corrected chi connectivity index (χ1v) is 17.6. The van der Waals surface area contributed by atoms with E-state index in [2.05, 4.69) is 153 Å². The number of aromatic nitrogens is 5. The molecule has 0 atom stereocenters. The molecule has 6 aromatic heterocycles. The molecule has 0 fully saturated rings. The topological polar surface area (TPSA) is 53.2 Å². The Balaban J connectivity index is 1.28. The molecule has 0 bridgehead atoms. The van der Waals surface area contributed by atoms with Crippen LogP contribution in [0.2, 0.25) is 0 Å². The van der Waals surface area contributed by atoms with Crippen molar-refractivity contribution < 1.29 is 4.42 Å². The van der Waals surface area contributed by atoms with Gasteiger partial charge >= 0.3 is 0 Å². The summed E-state index contributed by atoms with van der Waals surface area (Å²) < 4.78 is 13.6. The van der Waals surface area contributed by atoms with Crippen molar-refractivity contribution in [2.45, 2.75) is 0 Å². The molecule has 0 aliphatic carbocycles. The van der Waals surface area contributed by atoms with E-state index in [0.29, 0.717) is 11.7 Å². The highest BCUT2D eigenvalue weighted by Gasteiger charge is 2.27. The number of nitrogens with zero attached hydrogens (tertiary/aromatic N) is 5. The predicted molar refractivity (Wildman–Crippen MR) is 213 cm³/mol. The van der Waals surface area contributed by atoms with Gasteiger partial charge in [0.25, 0.3) is 0 Å². The summed E-state index contributed by atoms with van der Waals surface area (Å²) in [6.07, 6.45) is 0. The molecular formula is C46H25N5O. The van der Waals surface area contributed by atoms with Gasteiger partial charge in [-0.2, -0.15) is 9.97 Å². The van der Waals surface area contributed by atoms with Gasteiger partial charge in [0.2, 0.25) is 11.7 Å². The Hall–Kier alpha value is -7.18. The van der Waals surface area contributed by atoms with Crippen LogP contribution in [-0.2, 0) is 0 Å². The number of hydrogen-bond donors (Lipinski definition) is 0. The molecule has 13 rings (SSSR count). The molecule has 0 spiro atoms. The molecule has 0 unspecified atom stereocenters. The largest absolute Gasteiger partial charge is 0.437 e. The summed E-state index contributed by atoms with van der Waals surface area (Å²) in [6.45, 7) is 0. The fourth-order valence-electron chi connectivity index (χ4n) is 9.19. The third-order valence-electron chi connectivity index (χ3n) is 11.2. The van der Waals surface area contributed by atoms with Crippen LogP contribution in [0.4, 0.5) is 0 Å². The lowest BCUT2D eigenvalue weighted by molar-refractivity contribution is 0.650. The van der Waals surface area contributed by atoms with Gasteiger partial charge in [0, 0.05) is 48.5 Å².